The predicted octanol–water partition coefficient (Wildman–Crippen LogP) is 18.9. The SMILES string of the molecule is CCCCCCC/C=C\C/C=C\CCCCCCCCCCCCCCCCCC(=O)NC(COP(=O)([O-])OCC[N+](C)(C)C)C(O)/C=C/CC/C=C/CCCCCCCCCCCCCCCCCCCC. The van der Waals surface area contributed by atoms with Gasteiger partial charge in [-0.25, -0.2) is 0 Å². The zero-order valence-electron chi connectivity index (χ0n) is 49.1. The van der Waals surface area contributed by atoms with Crippen LogP contribution in [0.1, 0.15) is 303 Å². The van der Waals surface area contributed by atoms with Gasteiger partial charge < -0.3 is 28.8 Å². The van der Waals surface area contributed by atoms with Crippen LogP contribution in [-0.2, 0) is 18.4 Å². The maximum Gasteiger partial charge on any atom is 0.268 e. The number of carbonyl (C=O) groups is 1. The van der Waals surface area contributed by atoms with Crippen LogP contribution in [0.15, 0.2) is 48.6 Å². The lowest BCUT2D eigenvalue weighted by Gasteiger charge is -2.29. The molecule has 3 unspecified atom stereocenters. The normalized spacial score (nSPS) is 14.1. The summed E-state index contributed by atoms with van der Waals surface area (Å²) in [5.74, 6) is -0.204. The van der Waals surface area contributed by atoms with Crippen molar-refractivity contribution in [3.63, 3.8) is 0 Å². The number of likely N-dealkylation sites (N-methyl/N-ethyl adjacent to an activating group) is 1. The number of carbonyl (C=O) groups excluding carboxylic acids is 1. The molecule has 0 bridgehead atoms. The molecule has 73 heavy (non-hydrogen) atoms. The maximum absolute atomic E-state index is 13.0. The van der Waals surface area contributed by atoms with Crippen LogP contribution in [-0.4, -0.2) is 68.5 Å². The van der Waals surface area contributed by atoms with Gasteiger partial charge in [-0.05, 0) is 64.2 Å². The summed E-state index contributed by atoms with van der Waals surface area (Å²) in [6.07, 6.45) is 73.5. The minimum atomic E-state index is -4.61. The topological polar surface area (TPSA) is 108 Å². The molecule has 430 valence electrons. The number of amides is 1. The van der Waals surface area contributed by atoms with E-state index < -0.39 is 26.6 Å². The number of hydrogen-bond donors (Lipinski definition) is 2. The second-order valence-corrected chi connectivity index (χ2v) is 24.2. The van der Waals surface area contributed by atoms with Crippen LogP contribution < -0.4 is 10.2 Å². The molecule has 0 rings (SSSR count). The summed E-state index contributed by atoms with van der Waals surface area (Å²) in [5, 5.41) is 13.9. The van der Waals surface area contributed by atoms with Gasteiger partial charge in [0.1, 0.15) is 13.2 Å². The molecule has 8 nitrogen and oxygen atoms in total. The zero-order chi connectivity index (χ0) is 53.5. The molecule has 0 aromatic rings. The third kappa shape index (κ3) is 58.0. The first-order valence-corrected chi connectivity index (χ1v) is 33.0. The number of rotatable bonds is 58. The summed E-state index contributed by atoms with van der Waals surface area (Å²) < 4.78 is 23.4. The Labute approximate surface area is 454 Å². The number of phosphoric ester groups is 1. The standard InChI is InChI=1S/C64H123N2O6P/c1-6-8-10-12-14-16-18-20-22-24-26-28-30-32-33-34-36-38-40-42-44-46-48-50-52-54-56-58-64(68)65-62(61-72-73(69,70)71-60-59-66(3,4)5)63(67)57-55-53-51-49-47-45-43-41-39-37-35-31-29-27-25-23-21-19-17-15-13-11-9-7-2/h18,20,24,26,47,49,55,57,62-63,67H,6-17,19,21-23,25,27-46,48,50-54,56,58-61H2,1-5H3,(H-,65,68,69,70)/b20-18-,26-24-,49-47+,57-55+. The molecule has 2 N–H and O–H groups in total. The van der Waals surface area contributed by atoms with Gasteiger partial charge in [-0.2, -0.15) is 0 Å². The first-order valence-electron chi connectivity index (χ1n) is 31.5. The molecule has 9 heteroatoms. The van der Waals surface area contributed by atoms with E-state index in [2.05, 4.69) is 55.6 Å². The Balaban J connectivity index is 4.17. The van der Waals surface area contributed by atoms with Crippen molar-refractivity contribution in [2.45, 2.75) is 315 Å². The second-order valence-electron chi connectivity index (χ2n) is 22.8. The summed E-state index contributed by atoms with van der Waals surface area (Å²) in [4.78, 5) is 25.6. The van der Waals surface area contributed by atoms with Gasteiger partial charge in [0.2, 0.25) is 5.91 Å². The highest BCUT2D eigenvalue weighted by atomic mass is 31.2. The van der Waals surface area contributed by atoms with Crippen molar-refractivity contribution in [1.82, 2.24) is 5.32 Å². The van der Waals surface area contributed by atoms with Crippen LogP contribution in [0, 0.1) is 0 Å². The Morgan fingerprint density at radius 2 is 0.808 bits per heavy atom. The van der Waals surface area contributed by atoms with Crippen molar-refractivity contribution in [2.24, 2.45) is 0 Å². The van der Waals surface area contributed by atoms with Crippen LogP contribution in [0.3, 0.4) is 0 Å². The van der Waals surface area contributed by atoms with Gasteiger partial charge in [0.25, 0.3) is 7.82 Å². The number of nitrogens with zero attached hydrogens (tertiary/aromatic N) is 1. The highest BCUT2D eigenvalue weighted by Gasteiger charge is 2.23. The minimum Gasteiger partial charge on any atom is -0.756 e. The molecular formula is C64H123N2O6P. The van der Waals surface area contributed by atoms with E-state index in [1.54, 1.807) is 6.08 Å². The van der Waals surface area contributed by atoms with Gasteiger partial charge >= 0.3 is 0 Å². The van der Waals surface area contributed by atoms with E-state index in [9.17, 15) is 19.4 Å². The summed E-state index contributed by atoms with van der Waals surface area (Å²) in [5.41, 5.74) is 0. The smallest absolute Gasteiger partial charge is 0.268 e. The number of unbranched alkanes of at least 4 members (excludes halogenated alkanes) is 39. The van der Waals surface area contributed by atoms with Crippen LogP contribution in [0.5, 0.6) is 0 Å². The number of hydrogen-bond acceptors (Lipinski definition) is 6. The Bertz CT molecular complexity index is 1330. The molecule has 1 amide bonds. The fourth-order valence-electron chi connectivity index (χ4n) is 9.32. The van der Waals surface area contributed by atoms with Crippen molar-refractivity contribution in [3.05, 3.63) is 48.6 Å². The number of allylic oxidation sites excluding steroid dienone is 7. The molecule has 0 aromatic carbocycles. The summed E-state index contributed by atoms with van der Waals surface area (Å²) in [7, 11) is 1.25. The van der Waals surface area contributed by atoms with Gasteiger partial charge in [0, 0.05) is 6.42 Å². The lowest BCUT2D eigenvalue weighted by molar-refractivity contribution is -0.870. The average molecular weight is 1050 g/mol. The largest absolute Gasteiger partial charge is 0.756 e. The second kappa shape index (κ2) is 55.2. The molecular weight excluding hydrogens is 924 g/mol. The van der Waals surface area contributed by atoms with Crippen molar-refractivity contribution < 1.29 is 32.9 Å². The van der Waals surface area contributed by atoms with E-state index in [-0.39, 0.29) is 12.5 Å². The van der Waals surface area contributed by atoms with Gasteiger partial charge in [-0.1, -0.05) is 281 Å². The van der Waals surface area contributed by atoms with Crippen LogP contribution in [0.2, 0.25) is 0 Å². The molecule has 0 saturated carbocycles. The fourth-order valence-corrected chi connectivity index (χ4v) is 10.0. The Morgan fingerprint density at radius 3 is 1.19 bits per heavy atom. The van der Waals surface area contributed by atoms with Gasteiger partial charge in [0.15, 0.2) is 0 Å². The zero-order valence-corrected chi connectivity index (χ0v) is 50.0. The van der Waals surface area contributed by atoms with Crippen LogP contribution in [0.4, 0.5) is 0 Å². The third-order valence-electron chi connectivity index (χ3n) is 14.3. The first-order chi connectivity index (χ1) is 35.5. The molecule has 0 aromatic heterocycles. The lowest BCUT2D eigenvalue weighted by Crippen LogP contribution is -2.45. The van der Waals surface area contributed by atoms with Crippen molar-refractivity contribution >= 4 is 13.7 Å². The lowest BCUT2D eigenvalue weighted by atomic mass is 10.0. The number of aliphatic hydroxyl groups is 1. The van der Waals surface area contributed by atoms with Crippen molar-refractivity contribution in [3.8, 4) is 0 Å². The highest BCUT2D eigenvalue weighted by Crippen LogP contribution is 2.38. The van der Waals surface area contributed by atoms with Gasteiger partial charge in [0.05, 0.1) is 39.9 Å². The first kappa shape index (κ1) is 71.5. The monoisotopic (exact) mass is 1050 g/mol. The van der Waals surface area contributed by atoms with E-state index in [1.807, 2.05) is 27.2 Å². The van der Waals surface area contributed by atoms with Gasteiger partial charge in [-0.15, -0.1) is 0 Å². The average Bonchev–Trinajstić information content (AvgIpc) is 3.35. The fraction of sp³-hybridized carbons (Fsp3) is 0.859. The predicted molar refractivity (Wildman–Crippen MR) is 316 cm³/mol. The Kier molecular flexibility index (Phi) is 54.1. The molecule has 3 atom stereocenters. The molecule has 0 aliphatic carbocycles. The van der Waals surface area contributed by atoms with E-state index in [0.29, 0.717) is 17.4 Å². The van der Waals surface area contributed by atoms with Crippen LogP contribution in [0.25, 0.3) is 0 Å². The Hall–Kier alpha value is -1.54. The molecule has 0 aliphatic rings. The molecule has 0 fully saturated rings. The van der Waals surface area contributed by atoms with E-state index >= 15 is 0 Å². The number of aliphatic hydroxyl groups excluding tert-OH is 1. The minimum absolute atomic E-state index is 0.00610. The summed E-state index contributed by atoms with van der Waals surface area (Å²) in [6.45, 7) is 4.66. The summed E-state index contributed by atoms with van der Waals surface area (Å²) >= 11 is 0. The van der Waals surface area contributed by atoms with E-state index in [0.717, 1.165) is 44.9 Å². The van der Waals surface area contributed by atoms with Gasteiger partial charge in [-0.3, -0.25) is 9.36 Å². The quantitative estimate of drug-likeness (QED) is 0.0272. The van der Waals surface area contributed by atoms with E-state index in [4.69, 9.17) is 9.05 Å². The van der Waals surface area contributed by atoms with Crippen molar-refractivity contribution in [1.29, 1.82) is 0 Å². The number of nitrogens with one attached hydrogen (secondary N) is 1. The van der Waals surface area contributed by atoms with E-state index in [1.165, 1.54) is 238 Å². The maximum atomic E-state index is 13.0. The molecule has 0 aliphatic heterocycles. The molecule has 0 radical (unpaired) electrons. The van der Waals surface area contributed by atoms with Crippen LogP contribution >= 0.6 is 7.82 Å². The summed E-state index contributed by atoms with van der Waals surface area (Å²) in [6, 6.07) is -0.905. The van der Waals surface area contributed by atoms with Crippen molar-refractivity contribution in [2.75, 3.05) is 40.9 Å². The number of quaternary nitrogens is 1. The molecule has 0 heterocycles. The highest BCUT2D eigenvalue weighted by molar-refractivity contribution is 7.45. The number of phosphoric acid groups is 1. The third-order valence-corrected chi connectivity index (χ3v) is 15.2. The Morgan fingerprint density at radius 1 is 0.479 bits per heavy atom. The molecule has 0 saturated heterocycles. The molecule has 0 spiro atoms.